The number of sulfone groups is 1. The summed E-state index contributed by atoms with van der Waals surface area (Å²) in [4.78, 5) is 0.286. The number of hydrogen-bond acceptors (Lipinski definition) is 3. The summed E-state index contributed by atoms with van der Waals surface area (Å²) in [5, 5.41) is 3.50. The lowest BCUT2D eigenvalue weighted by Crippen LogP contribution is -2.36. The topological polar surface area (TPSA) is 46.2 Å². The zero-order valence-corrected chi connectivity index (χ0v) is 12.8. The molecule has 0 fully saturated rings. The first-order valence-electron chi connectivity index (χ1n) is 7.26. The van der Waals surface area contributed by atoms with E-state index in [1.54, 1.807) is 0 Å². The van der Waals surface area contributed by atoms with Gasteiger partial charge in [0.05, 0.1) is 10.6 Å². The summed E-state index contributed by atoms with van der Waals surface area (Å²) < 4.78 is 37.6. The van der Waals surface area contributed by atoms with Gasteiger partial charge in [-0.3, -0.25) is 0 Å². The fraction of sp³-hybridized carbons (Fsp3) is 0.600. The van der Waals surface area contributed by atoms with E-state index in [2.05, 4.69) is 19.2 Å². The molecule has 0 amide bonds. The van der Waals surface area contributed by atoms with Gasteiger partial charge in [0.2, 0.25) is 0 Å². The van der Waals surface area contributed by atoms with Crippen molar-refractivity contribution in [1.82, 2.24) is 5.32 Å². The number of rotatable bonds is 5. The number of benzene rings is 1. The van der Waals surface area contributed by atoms with E-state index >= 15 is 0 Å². The number of fused-ring (bicyclic) bond motifs is 1. The third-order valence-corrected chi connectivity index (χ3v) is 5.74. The molecule has 0 spiro atoms. The van der Waals surface area contributed by atoms with Crippen molar-refractivity contribution in [3.63, 3.8) is 0 Å². The summed E-state index contributed by atoms with van der Waals surface area (Å²) in [6, 6.07) is 4.27. The predicted octanol–water partition coefficient (Wildman–Crippen LogP) is 3.21. The van der Waals surface area contributed by atoms with Gasteiger partial charge in [-0.15, -0.1) is 0 Å². The van der Waals surface area contributed by atoms with Crippen molar-refractivity contribution in [2.24, 2.45) is 0 Å². The Morgan fingerprint density at radius 2 is 2.15 bits per heavy atom. The Bertz CT molecular complexity index is 571. The van der Waals surface area contributed by atoms with Crippen LogP contribution in [0.2, 0.25) is 0 Å². The molecule has 0 aliphatic carbocycles. The molecule has 1 N–H and O–H groups in total. The van der Waals surface area contributed by atoms with Gasteiger partial charge in [0.25, 0.3) is 0 Å². The van der Waals surface area contributed by atoms with E-state index in [0.717, 1.165) is 19.3 Å². The second-order valence-corrected chi connectivity index (χ2v) is 7.48. The first-order chi connectivity index (χ1) is 9.47. The molecule has 0 saturated carbocycles. The van der Waals surface area contributed by atoms with Crippen molar-refractivity contribution in [3.05, 3.63) is 29.6 Å². The summed E-state index contributed by atoms with van der Waals surface area (Å²) in [5.74, 6) is -0.248. The van der Waals surface area contributed by atoms with Crippen molar-refractivity contribution in [3.8, 4) is 0 Å². The van der Waals surface area contributed by atoms with Gasteiger partial charge in [-0.05, 0) is 43.0 Å². The van der Waals surface area contributed by atoms with Gasteiger partial charge < -0.3 is 5.32 Å². The lowest BCUT2D eigenvalue weighted by molar-refractivity contribution is 0.385. The Morgan fingerprint density at radius 3 is 2.80 bits per heavy atom. The molecule has 112 valence electrons. The van der Waals surface area contributed by atoms with E-state index in [4.69, 9.17) is 0 Å². The largest absolute Gasteiger partial charge is 0.307 e. The molecule has 2 atom stereocenters. The predicted molar refractivity (Wildman–Crippen MR) is 77.9 cm³/mol. The maximum absolute atomic E-state index is 13.5. The molecule has 1 aliphatic heterocycles. The minimum absolute atomic E-state index is 0.0688. The Morgan fingerprint density at radius 1 is 1.40 bits per heavy atom. The normalized spacial score (nSPS) is 22.2. The molecule has 1 aromatic carbocycles. The zero-order valence-electron chi connectivity index (χ0n) is 12.0. The summed E-state index contributed by atoms with van der Waals surface area (Å²) in [6.45, 7) is 4.24. The average molecular weight is 299 g/mol. The van der Waals surface area contributed by atoms with E-state index in [9.17, 15) is 12.8 Å². The van der Waals surface area contributed by atoms with E-state index in [0.29, 0.717) is 18.0 Å². The van der Waals surface area contributed by atoms with Crippen LogP contribution in [0.3, 0.4) is 0 Å². The van der Waals surface area contributed by atoms with Crippen LogP contribution >= 0.6 is 0 Å². The molecular weight excluding hydrogens is 277 g/mol. The van der Waals surface area contributed by atoms with Crippen LogP contribution in [0.5, 0.6) is 0 Å². The van der Waals surface area contributed by atoms with Crippen molar-refractivity contribution < 1.29 is 12.8 Å². The van der Waals surface area contributed by atoms with Gasteiger partial charge >= 0.3 is 0 Å². The van der Waals surface area contributed by atoms with E-state index < -0.39 is 9.84 Å². The van der Waals surface area contributed by atoms with Gasteiger partial charge in [-0.1, -0.05) is 20.3 Å². The third kappa shape index (κ3) is 3.20. The van der Waals surface area contributed by atoms with Crippen molar-refractivity contribution in [2.75, 3.05) is 5.75 Å². The highest BCUT2D eigenvalue weighted by molar-refractivity contribution is 7.91. The van der Waals surface area contributed by atoms with E-state index in [-0.39, 0.29) is 22.5 Å². The Hall–Kier alpha value is -0.940. The fourth-order valence-corrected chi connectivity index (χ4v) is 4.43. The van der Waals surface area contributed by atoms with Crippen LogP contribution in [0, 0.1) is 5.82 Å². The Labute approximate surface area is 120 Å². The molecule has 0 aromatic heterocycles. The molecule has 0 radical (unpaired) electrons. The Balaban J connectivity index is 2.31. The molecular formula is C15H22FNO2S. The van der Waals surface area contributed by atoms with Gasteiger partial charge in [0.1, 0.15) is 5.82 Å². The molecule has 5 heteroatoms. The molecule has 0 saturated heterocycles. The van der Waals surface area contributed by atoms with Crippen molar-refractivity contribution >= 4 is 9.84 Å². The fourth-order valence-electron chi connectivity index (χ4n) is 2.82. The first-order valence-corrected chi connectivity index (χ1v) is 8.91. The summed E-state index contributed by atoms with van der Waals surface area (Å²) >= 11 is 0. The van der Waals surface area contributed by atoms with Crippen LogP contribution in [-0.4, -0.2) is 20.2 Å². The summed E-state index contributed by atoms with van der Waals surface area (Å²) in [7, 11) is -3.25. The van der Waals surface area contributed by atoms with Gasteiger partial charge in [0.15, 0.2) is 9.84 Å². The second kappa shape index (κ2) is 6.22. The van der Waals surface area contributed by atoms with Crippen LogP contribution in [0.1, 0.15) is 51.1 Å². The molecule has 2 unspecified atom stereocenters. The van der Waals surface area contributed by atoms with E-state index in [1.807, 2.05) is 0 Å². The van der Waals surface area contributed by atoms with Crippen molar-refractivity contribution in [2.45, 2.75) is 56.5 Å². The standard InChI is InChI=1S/C15H22FNO2S/c1-3-5-12(4-2)17-14-8-9-20(18,19)15-7-6-11(16)10-13(14)15/h6-7,10,12,14,17H,3-5,8-9H2,1-2H3. The highest BCUT2D eigenvalue weighted by Gasteiger charge is 2.31. The second-order valence-electron chi connectivity index (χ2n) is 5.40. The smallest absolute Gasteiger partial charge is 0.178 e. The molecule has 1 aliphatic rings. The minimum Gasteiger partial charge on any atom is -0.307 e. The monoisotopic (exact) mass is 299 g/mol. The maximum atomic E-state index is 13.5. The van der Waals surface area contributed by atoms with Crippen LogP contribution in [0.25, 0.3) is 0 Å². The van der Waals surface area contributed by atoms with Crippen LogP contribution in [-0.2, 0) is 9.84 Å². The molecule has 2 rings (SSSR count). The molecule has 1 aromatic rings. The number of hydrogen-bond donors (Lipinski definition) is 1. The summed E-state index contributed by atoms with van der Waals surface area (Å²) in [6.07, 6.45) is 3.62. The lowest BCUT2D eigenvalue weighted by atomic mass is 10.0. The SMILES string of the molecule is CCCC(CC)NC1CCS(=O)(=O)c2ccc(F)cc21. The summed E-state index contributed by atoms with van der Waals surface area (Å²) in [5.41, 5.74) is 0.589. The van der Waals surface area contributed by atoms with Crippen LogP contribution in [0.4, 0.5) is 4.39 Å². The highest BCUT2D eigenvalue weighted by atomic mass is 32.2. The third-order valence-electron chi connectivity index (χ3n) is 3.92. The molecule has 20 heavy (non-hydrogen) atoms. The zero-order chi connectivity index (χ0) is 14.8. The van der Waals surface area contributed by atoms with Gasteiger partial charge in [0, 0.05) is 12.1 Å². The van der Waals surface area contributed by atoms with Crippen LogP contribution < -0.4 is 5.32 Å². The van der Waals surface area contributed by atoms with Crippen LogP contribution in [0.15, 0.2) is 23.1 Å². The van der Waals surface area contributed by atoms with E-state index in [1.165, 1.54) is 18.2 Å². The average Bonchev–Trinajstić information content (AvgIpc) is 2.41. The quantitative estimate of drug-likeness (QED) is 0.849. The maximum Gasteiger partial charge on any atom is 0.178 e. The molecule has 0 bridgehead atoms. The molecule has 3 nitrogen and oxygen atoms in total. The van der Waals surface area contributed by atoms with Gasteiger partial charge in [-0.2, -0.15) is 0 Å². The lowest BCUT2D eigenvalue weighted by Gasteiger charge is -2.30. The molecule has 1 heterocycles. The number of halogens is 1. The van der Waals surface area contributed by atoms with Crippen molar-refractivity contribution in [1.29, 1.82) is 0 Å². The minimum atomic E-state index is -3.25. The first kappa shape index (κ1) is 15.4. The highest BCUT2D eigenvalue weighted by Crippen LogP contribution is 2.33. The Kier molecular flexibility index (Phi) is 4.81. The van der Waals surface area contributed by atoms with Gasteiger partial charge in [-0.25, -0.2) is 12.8 Å². The number of nitrogens with one attached hydrogen (secondary N) is 1.